The molecule has 0 unspecified atom stereocenters. The average Bonchev–Trinajstić information content (AvgIpc) is 2.91. The van der Waals surface area contributed by atoms with Gasteiger partial charge in [0, 0.05) is 5.70 Å². The second-order valence-electron chi connectivity index (χ2n) is 7.90. The van der Waals surface area contributed by atoms with Gasteiger partial charge in [-0.25, -0.2) is 19.8 Å². The third-order valence-electron chi connectivity index (χ3n) is 5.38. The van der Waals surface area contributed by atoms with Gasteiger partial charge < -0.3 is 29.6 Å². The van der Waals surface area contributed by atoms with Crippen LogP contribution in [0.25, 0.3) is 0 Å². The number of carbonyl (C=O) groups excluding carboxylic acids is 4. The van der Waals surface area contributed by atoms with Gasteiger partial charge >= 0.3 is 18.0 Å². The van der Waals surface area contributed by atoms with Gasteiger partial charge in [-0.15, -0.1) is 0 Å². The smallest absolute Gasteiger partial charge is 0.338 e. The minimum Gasteiger partial charge on any atom is -0.493 e. The molecule has 0 radical (unpaired) electrons. The number of hydrogen-bond acceptors (Lipinski definition) is 9. The van der Waals surface area contributed by atoms with Crippen LogP contribution in [-0.4, -0.2) is 57.5 Å². The fraction of sp³-hybridized carbons (Fsp3) is 0.269. The zero-order valence-corrected chi connectivity index (χ0v) is 21.3. The Balaban J connectivity index is 1.64. The summed E-state index contributed by atoms with van der Waals surface area (Å²) >= 11 is 0. The van der Waals surface area contributed by atoms with Crippen molar-refractivity contribution < 1.29 is 38.1 Å². The maximum atomic E-state index is 12.5. The van der Waals surface area contributed by atoms with Crippen LogP contribution in [0.15, 0.2) is 58.8 Å². The van der Waals surface area contributed by atoms with Crippen LogP contribution in [0.5, 0.6) is 11.5 Å². The third kappa shape index (κ3) is 6.87. The quantitative estimate of drug-likeness (QED) is 0.243. The monoisotopic (exact) mass is 524 g/mol. The molecule has 1 aliphatic rings. The molecular formula is C26H28N4O8. The predicted octanol–water partition coefficient (Wildman–Crippen LogP) is 2.20. The highest BCUT2D eigenvalue weighted by Gasteiger charge is 2.32. The van der Waals surface area contributed by atoms with Gasteiger partial charge in [0.1, 0.15) is 0 Å². The maximum absolute atomic E-state index is 12.5. The molecule has 2 aromatic rings. The number of nitrogens with zero attached hydrogens (tertiary/aromatic N) is 1. The Morgan fingerprint density at radius 3 is 2.45 bits per heavy atom. The lowest BCUT2D eigenvalue weighted by atomic mass is 9.95. The fourth-order valence-corrected chi connectivity index (χ4v) is 3.58. The van der Waals surface area contributed by atoms with Crippen molar-refractivity contribution in [2.24, 2.45) is 5.10 Å². The molecule has 0 bridgehead atoms. The van der Waals surface area contributed by atoms with Gasteiger partial charge in [-0.3, -0.25) is 4.79 Å². The number of esters is 2. The Morgan fingerprint density at radius 1 is 1.05 bits per heavy atom. The first-order chi connectivity index (χ1) is 18.3. The second-order valence-corrected chi connectivity index (χ2v) is 7.90. The first kappa shape index (κ1) is 27.7. The van der Waals surface area contributed by atoms with Gasteiger partial charge in [-0.1, -0.05) is 18.2 Å². The number of allylic oxidation sites excluding steroid dienone is 1. The van der Waals surface area contributed by atoms with E-state index in [1.807, 2.05) is 0 Å². The van der Waals surface area contributed by atoms with Gasteiger partial charge in [0.05, 0.1) is 44.2 Å². The lowest BCUT2D eigenvalue weighted by molar-refractivity contribution is -0.139. The molecule has 38 heavy (non-hydrogen) atoms. The van der Waals surface area contributed by atoms with E-state index in [1.54, 1.807) is 56.3 Å². The van der Waals surface area contributed by atoms with Gasteiger partial charge in [0.15, 0.2) is 18.1 Å². The van der Waals surface area contributed by atoms with E-state index in [0.717, 1.165) is 0 Å². The van der Waals surface area contributed by atoms with Crippen LogP contribution in [0.2, 0.25) is 0 Å². The average molecular weight is 525 g/mol. The number of carbonyl (C=O) groups is 4. The number of amides is 3. The minimum atomic E-state index is -0.773. The molecule has 12 heteroatoms. The minimum absolute atomic E-state index is 0.181. The van der Waals surface area contributed by atoms with Crippen LogP contribution in [0.4, 0.5) is 4.79 Å². The van der Waals surface area contributed by atoms with E-state index in [9.17, 15) is 19.2 Å². The lowest BCUT2D eigenvalue weighted by Gasteiger charge is -2.28. The van der Waals surface area contributed by atoms with Crippen LogP contribution >= 0.6 is 0 Å². The molecule has 12 nitrogen and oxygen atoms in total. The topological polar surface area (TPSA) is 154 Å². The summed E-state index contributed by atoms with van der Waals surface area (Å²) in [6, 6.07) is 10.0. The molecule has 0 fully saturated rings. The van der Waals surface area contributed by atoms with Gasteiger partial charge in [-0.05, 0) is 49.2 Å². The van der Waals surface area contributed by atoms with Crippen molar-refractivity contribution >= 4 is 30.1 Å². The Labute approximate surface area is 219 Å². The molecular weight excluding hydrogens is 496 g/mol. The summed E-state index contributed by atoms with van der Waals surface area (Å²) in [6.45, 7) is 3.13. The van der Waals surface area contributed by atoms with Crippen LogP contribution in [-0.2, 0) is 19.1 Å². The number of hydrazone groups is 1. The molecule has 0 saturated carbocycles. The fourth-order valence-electron chi connectivity index (χ4n) is 3.58. The summed E-state index contributed by atoms with van der Waals surface area (Å²) in [7, 11) is 2.73. The molecule has 0 saturated heterocycles. The van der Waals surface area contributed by atoms with Crippen molar-refractivity contribution in [1.82, 2.24) is 16.1 Å². The summed E-state index contributed by atoms with van der Waals surface area (Å²) in [5, 5.41) is 9.16. The zero-order chi connectivity index (χ0) is 27.7. The number of urea groups is 1. The van der Waals surface area contributed by atoms with Gasteiger partial charge in [0.25, 0.3) is 5.91 Å². The molecule has 0 spiro atoms. The molecule has 0 aliphatic carbocycles. The van der Waals surface area contributed by atoms with Crippen LogP contribution in [0.3, 0.4) is 0 Å². The van der Waals surface area contributed by atoms with E-state index in [-0.39, 0.29) is 30.3 Å². The van der Waals surface area contributed by atoms with Crippen molar-refractivity contribution in [3.63, 3.8) is 0 Å². The molecule has 3 amide bonds. The van der Waals surface area contributed by atoms with E-state index in [1.165, 1.54) is 20.4 Å². The third-order valence-corrected chi connectivity index (χ3v) is 5.38. The van der Waals surface area contributed by atoms with E-state index in [0.29, 0.717) is 22.4 Å². The predicted molar refractivity (Wildman–Crippen MR) is 136 cm³/mol. The number of methoxy groups -OCH3 is 2. The molecule has 0 aromatic heterocycles. The van der Waals surface area contributed by atoms with Crippen LogP contribution in [0.1, 0.15) is 41.4 Å². The van der Waals surface area contributed by atoms with Gasteiger partial charge in [0.2, 0.25) is 0 Å². The lowest BCUT2D eigenvalue weighted by Crippen LogP contribution is -2.45. The Bertz CT molecular complexity index is 1270. The SMILES string of the molecule is CCOC(=O)C1=C(C)NC(=O)N[C@@H]1c1ccc(OCC(=O)N/N=C\c2ccc(C(=O)OC)cc2)c(OC)c1. The summed E-state index contributed by atoms with van der Waals surface area (Å²) < 4.78 is 20.8. The highest BCUT2D eigenvalue weighted by atomic mass is 16.5. The van der Waals surface area contributed by atoms with Crippen molar-refractivity contribution in [3.05, 3.63) is 70.4 Å². The first-order valence-electron chi connectivity index (χ1n) is 11.5. The zero-order valence-electron chi connectivity index (χ0n) is 21.3. The van der Waals surface area contributed by atoms with E-state index in [2.05, 4.69) is 25.9 Å². The van der Waals surface area contributed by atoms with E-state index >= 15 is 0 Å². The number of rotatable bonds is 10. The van der Waals surface area contributed by atoms with Crippen molar-refractivity contribution in [2.45, 2.75) is 19.9 Å². The summed E-state index contributed by atoms with van der Waals surface area (Å²) in [4.78, 5) is 48.3. The highest BCUT2D eigenvalue weighted by molar-refractivity contribution is 5.95. The molecule has 1 heterocycles. The summed E-state index contributed by atoms with van der Waals surface area (Å²) in [5.74, 6) is -0.967. The Morgan fingerprint density at radius 2 is 1.79 bits per heavy atom. The van der Waals surface area contributed by atoms with E-state index < -0.39 is 29.9 Å². The van der Waals surface area contributed by atoms with E-state index in [4.69, 9.17) is 14.2 Å². The van der Waals surface area contributed by atoms with Gasteiger partial charge in [-0.2, -0.15) is 5.10 Å². The largest absolute Gasteiger partial charge is 0.493 e. The van der Waals surface area contributed by atoms with Crippen molar-refractivity contribution in [3.8, 4) is 11.5 Å². The Kier molecular flexibility index (Phi) is 9.41. The van der Waals surface area contributed by atoms with Crippen LogP contribution in [0, 0.1) is 0 Å². The summed E-state index contributed by atoms with van der Waals surface area (Å²) in [5.41, 5.74) is 4.61. The van der Waals surface area contributed by atoms with Crippen molar-refractivity contribution in [1.29, 1.82) is 0 Å². The molecule has 200 valence electrons. The second kappa shape index (κ2) is 12.9. The first-order valence-corrected chi connectivity index (χ1v) is 11.5. The maximum Gasteiger partial charge on any atom is 0.338 e. The number of benzene rings is 2. The highest BCUT2D eigenvalue weighted by Crippen LogP contribution is 2.34. The van der Waals surface area contributed by atoms with Crippen molar-refractivity contribution in [2.75, 3.05) is 27.4 Å². The number of nitrogens with one attached hydrogen (secondary N) is 3. The van der Waals surface area contributed by atoms with Crippen LogP contribution < -0.4 is 25.5 Å². The summed E-state index contributed by atoms with van der Waals surface area (Å²) in [6.07, 6.45) is 1.41. The molecule has 3 N–H and O–H groups in total. The molecule has 1 atom stereocenters. The number of hydrogen-bond donors (Lipinski definition) is 3. The standard InChI is InChI=1S/C26H28N4O8/c1-5-37-25(33)22-15(2)28-26(34)29-23(22)18-10-11-19(20(12-18)35-3)38-14-21(31)30-27-13-16-6-8-17(9-7-16)24(32)36-4/h6-13,23H,5,14H2,1-4H3,(H,30,31)(H2,28,29,34)/b27-13-/t23-/m1/s1. The molecule has 1 aliphatic heterocycles. The Hall–Kier alpha value is -4.87. The normalized spacial score (nSPS) is 14.8. The number of ether oxygens (including phenoxy) is 4. The molecule has 3 rings (SSSR count). The molecule has 2 aromatic carbocycles.